The maximum absolute atomic E-state index is 13.3. The van der Waals surface area contributed by atoms with E-state index >= 15 is 0 Å². The summed E-state index contributed by atoms with van der Waals surface area (Å²) in [6.45, 7) is 17.1. The van der Waals surface area contributed by atoms with E-state index < -0.39 is 23.6 Å². The van der Waals surface area contributed by atoms with Gasteiger partial charge in [-0.2, -0.15) is 0 Å². The van der Waals surface area contributed by atoms with E-state index in [-0.39, 0.29) is 11.2 Å². The van der Waals surface area contributed by atoms with Gasteiger partial charge in [0.05, 0.1) is 26.0 Å². The summed E-state index contributed by atoms with van der Waals surface area (Å²) in [5.74, 6) is -0.815. The molecule has 33 heavy (non-hydrogen) atoms. The number of ether oxygens (including phenoxy) is 2. The van der Waals surface area contributed by atoms with Crippen LogP contribution in [0.3, 0.4) is 0 Å². The minimum atomic E-state index is -1.37. The van der Waals surface area contributed by atoms with Crippen LogP contribution < -0.4 is 5.32 Å². The summed E-state index contributed by atoms with van der Waals surface area (Å²) in [6.07, 6.45) is -0.391. The Kier molecular flexibility index (Phi) is 7.98. The highest BCUT2D eigenvalue weighted by atomic mass is 16.5. The Morgan fingerprint density at radius 2 is 1.79 bits per heavy atom. The molecular formula is C26H39N3O4. The highest BCUT2D eigenvalue weighted by Gasteiger charge is 2.57. The van der Waals surface area contributed by atoms with Crippen molar-refractivity contribution in [2.45, 2.75) is 46.3 Å². The molecule has 3 rings (SSSR count). The maximum atomic E-state index is 13.3. The first-order chi connectivity index (χ1) is 15.6. The molecule has 0 aliphatic carbocycles. The Morgan fingerprint density at radius 3 is 2.36 bits per heavy atom. The van der Waals surface area contributed by atoms with Gasteiger partial charge in [0, 0.05) is 44.0 Å². The highest BCUT2D eigenvalue weighted by molar-refractivity contribution is 6.13. The van der Waals surface area contributed by atoms with E-state index in [4.69, 9.17) is 9.47 Å². The third-order valence-electron chi connectivity index (χ3n) is 6.87. The monoisotopic (exact) mass is 457 g/mol. The fourth-order valence-corrected chi connectivity index (χ4v) is 4.73. The molecule has 1 aromatic carbocycles. The predicted molar refractivity (Wildman–Crippen MR) is 130 cm³/mol. The summed E-state index contributed by atoms with van der Waals surface area (Å²) in [4.78, 5) is 30.8. The second-order valence-corrected chi connectivity index (χ2v) is 10.4. The normalized spacial score (nSPS) is 27.4. The van der Waals surface area contributed by atoms with Crippen LogP contribution in [0.1, 0.15) is 34.1 Å². The molecule has 2 aliphatic rings. The lowest BCUT2D eigenvalue weighted by atomic mass is 9.69. The first-order valence-corrected chi connectivity index (χ1v) is 11.8. The van der Waals surface area contributed by atoms with Crippen molar-refractivity contribution >= 4 is 17.4 Å². The SMILES string of the molecule is C=C1C(=O)[C@](C)(C(=O)OC)[C@@H](CCN2CCN(CNc3ccccc3)CC2)O[C@H]1C(C)(C)C. The Labute approximate surface area is 198 Å². The van der Waals surface area contributed by atoms with Crippen molar-refractivity contribution in [2.24, 2.45) is 10.8 Å². The van der Waals surface area contributed by atoms with E-state index in [1.54, 1.807) is 6.92 Å². The van der Waals surface area contributed by atoms with Crippen molar-refractivity contribution in [3.05, 3.63) is 42.5 Å². The fraction of sp³-hybridized carbons (Fsp3) is 0.615. The molecule has 1 N–H and O–H groups in total. The van der Waals surface area contributed by atoms with E-state index in [1.165, 1.54) is 7.11 Å². The van der Waals surface area contributed by atoms with Crippen molar-refractivity contribution in [2.75, 3.05) is 51.8 Å². The van der Waals surface area contributed by atoms with E-state index in [0.29, 0.717) is 12.0 Å². The topological polar surface area (TPSA) is 71.1 Å². The maximum Gasteiger partial charge on any atom is 0.322 e. The number of Topliss-reactive ketones (excluding diaryl/α,β-unsaturated/α-hetero) is 1. The molecule has 1 aromatic rings. The van der Waals surface area contributed by atoms with Gasteiger partial charge in [0.25, 0.3) is 0 Å². The quantitative estimate of drug-likeness (QED) is 0.383. The molecule has 0 saturated carbocycles. The lowest BCUT2D eigenvalue weighted by Gasteiger charge is -2.46. The van der Waals surface area contributed by atoms with Gasteiger partial charge < -0.3 is 19.7 Å². The van der Waals surface area contributed by atoms with Crippen LogP contribution in [-0.2, 0) is 19.1 Å². The summed E-state index contributed by atoms with van der Waals surface area (Å²) < 4.78 is 11.4. The van der Waals surface area contributed by atoms with Crippen molar-refractivity contribution in [3.8, 4) is 0 Å². The van der Waals surface area contributed by atoms with Crippen LogP contribution >= 0.6 is 0 Å². The summed E-state index contributed by atoms with van der Waals surface area (Å²) in [6, 6.07) is 10.2. The summed E-state index contributed by atoms with van der Waals surface area (Å²) >= 11 is 0. The summed E-state index contributed by atoms with van der Waals surface area (Å²) in [7, 11) is 1.32. The molecule has 2 saturated heterocycles. The van der Waals surface area contributed by atoms with Gasteiger partial charge in [-0.05, 0) is 30.9 Å². The molecule has 0 bridgehead atoms. The lowest BCUT2D eigenvalue weighted by molar-refractivity contribution is -0.182. The van der Waals surface area contributed by atoms with Gasteiger partial charge in [0.2, 0.25) is 0 Å². The average molecular weight is 458 g/mol. The molecule has 0 radical (unpaired) electrons. The van der Waals surface area contributed by atoms with Crippen LogP contribution in [-0.4, -0.2) is 80.3 Å². The van der Waals surface area contributed by atoms with Gasteiger partial charge >= 0.3 is 5.97 Å². The number of anilines is 1. The van der Waals surface area contributed by atoms with Crippen molar-refractivity contribution in [1.29, 1.82) is 0 Å². The number of rotatable bonds is 7. The molecule has 2 fully saturated rings. The molecular weight excluding hydrogens is 418 g/mol. The summed E-state index contributed by atoms with van der Waals surface area (Å²) in [5, 5.41) is 3.46. The molecule has 0 unspecified atom stereocenters. The minimum absolute atomic E-state index is 0.262. The number of benzene rings is 1. The summed E-state index contributed by atoms with van der Waals surface area (Å²) in [5.41, 5.74) is -0.184. The van der Waals surface area contributed by atoms with Gasteiger partial charge in [0.15, 0.2) is 11.2 Å². The Bertz CT molecular complexity index is 843. The van der Waals surface area contributed by atoms with Gasteiger partial charge in [-0.25, -0.2) is 0 Å². The molecule has 0 aromatic heterocycles. The fourth-order valence-electron chi connectivity index (χ4n) is 4.73. The number of para-hydroxylation sites is 1. The predicted octanol–water partition coefficient (Wildman–Crippen LogP) is 3.18. The molecule has 2 aliphatic heterocycles. The smallest absolute Gasteiger partial charge is 0.322 e. The number of hydrogen-bond donors (Lipinski definition) is 1. The number of esters is 1. The van der Waals surface area contributed by atoms with Crippen molar-refractivity contribution in [1.82, 2.24) is 9.80 Å². The lowest BCUT2D eigenvalue weighted by Crippen LogP contribution is -2.58. The van der Waals surface area contributed by atoms with Gasteiger partial charge in [-0.1, -0.05) is 45.5 Å². The Hall–Kier alpha value is -2.22. The second-order valence-electron chi connectivity index (χ2n) is 10.4. The van der Waals surface area contributed by atoms with Crippen molar-refractivity contribution < 1.29 is 19.1 Å². The molecule has 0 spiro atoms. The average Bonchev–Trinajstić information content (AvgIpc) is 2.80. The number of nitrogens with zero attached hydrogens (tertiary/aromatic N) is 2. The molecule has 2 heterocycles. The van der Waals surface area contributed by atoms with Gasteiger partial charge in [0.1, 0.15) is 0 Å². The van der Waals surface area contributed by atoms with Gasteiger partial charge in [-0.3, -0.25) is 14.5 Å². The van der Waals surface area contributed by atoms with E-state index in [9.17, 15) is 9.59 Å². The first-order valence-electron chi connectivity index (χ1n) is 11.8. The first kappa shape index (κ1) is 25.4. The number of ketones is 1. The number of piperazine rings is 1. The van der Waals surface area contributed by atoms with Crippen LogP contribution in [0.15, 0.2) is 42.5 Å². The van der Waals surface area contributed by atoms with Crippen LogP contribution in [0.4, 0.5) is 5.69 Å². The second kappa shape index (κ2) is 10.4. The third-order valence-corrected chi connectivity index (χ3v) is 6.87. The zero-order chi connectivity index (χ0) is 24.2. The minimum Gasteiger partial charge on any atom is -0.468 e. The van der Waals surface area contributed by atoms with E-state index in [2.05, 4.69) is 33.8 Å². The third kappa shape index (κ3) is 5.65. The van der Waals surface area contributed by atoms with Crippen LogP contribution in [0, 0.1) is 10.8 Å². The zero-order valence-corrected chi connectivity index (χ0v) is 20.7. The van der Waals surface area contributed by atoms with E-state index in [1.807, 2.05) is 39.0 Å². The van der Waals surface area contributed by atoms with Gasteiger partial charge in [-0.15, -0.1) is 0 Å². The molecule has 7 nitrogen and oxygen atoms in total. The van der Waals surface area contributed by atoms with Crippen LogP contribution in [0.5, 0.6) is 0 Å². The molecule has 7 heteroatoms. The highest BCUT2D eigenvalue weighted by Crippen LogP contribution is 2.43. The van der Waals surface area contributed by atoms with Crippen LogP contribution in [0.25, 0.3) is 0 Å². The Balaban J connectivity index is 1.58. The zero-order valence-electron chi connectivity index (χ0n) is 20.7. The van der Waals surface area contributed by atoms with E-state index in [0.717, 1.165) is 45.1 Å². The van der Waals surface area contributed by atoms with Crippen LogP contribution in [0.2, 0.25) is 0 Å². The molecule has 3 atom stereocenters. The number of hydrogen-bond acceptors (Lipinski definition) is 7. The largest absolute Gasteiger partial charge is 0.468 e. The number of methoxy groups -OCH3 is 1. The molecule has 182 valence electrons. The standard InChI is InChI=1S/C26H39N3O4/c1-19-22(30)26(5,24(31)32-6)21(33-23(19)25(2,3)4)12-13-28-14-16-29(17-15-28)18-27-20-10-8-7-9-11-20/h7-11,21,23,27H,1,12-18H2,2-6H3/t21-,23-,26-/m1/s1. The Morgan fingerprint density at radius 1 is 1.18 bits per heavy atom. The number of carbonyl (C=O) groups is 2. The number of carbonyl (C=O) groups excluding carboxylic acids is 2. The number of nitrogens with one attached hydrogen (secondary N) is 1. The molecule has 0 amide bonds. The van der Waals surface area contributed by atoms with Crippen molar-refractivity contribution in [3.63, 3.8) is 0 Å².